The Morgan fingerprint density at radius 2 is 2.12 bits per heavy atom. The van der Waals surface area contributed by atoms with Crippen molar-refractivity contribution in [2.75, 3.05) is 0 Å². The number of hydrogen-bond acceptors (Lipinski definition) is 2. The van der Waals surface area contributed by atoms with E-state index in [2.05, 4.69) is 11.2 Å². The van der Waals surface area contributed by atoms with E-state index >= 15 is 0 Å². The first-order valence-electron chi connectivity index (χ1n) is 5.12. The van der Waals surface area contributed by atoms with E-state index < -0.39 is 5.97 Å². The Balaban J connectivity index is 2.50. The van der Waals surface area contributed by atoms with E-state index in [1.165, 1.54) is 0 Å². The first-order chi connectivity index (χ1) is 7.63. The Morgan fingerprint density at radius 3 is 2.62 bits per heavy atom. The molecule has 1 unspecified atom stereocenters. The topological polar surface area (TPSA) is 49.3 Å². The average Bonchev–Trinajstić information content (AvgIpc) is 2.27. The molecule has 0 fully saturated rings. The molecule has 1 aromatic carbocycles. The third-order valence-corrected chi connectivity index (χ3v) is 2.28. The summed E-state index contributed by atoms with van der Waals surface area (Å²) in [5.41, 5.74) is 1.36. The van der Waals surface area contributed by atoms with Gasteiger partial charge in [0.05, 0.1) is 5.56 Å². The van der Waals surface area contributed by atoms with Gasteiger partial charge in [-0.05, 0) is 24.6 Å². The van der Waals surface area contributed by atoms with Crippen molar-refractivity contribution in [2.45, 2.75) is 25.9 Å². The molecular weight excluding hydrogens is 202 g/mol. The lowest BCUT2D eigenvalue weighted by atomic mass is 10.1. The van der Waals surface area contributed by atoms with Gasteiger partial charge >= 0.3 is 5.97 Å². The number of benzene rings is 1. The second kappa shape index (κ2) is 5.94. The van der Waals surface area contributed by atoms with Crippen LogP contribution >= 0.6 is 0 Å². The molecule has 0 saturated heterocycles. The summed E-state index contributed by atoms with van der Waals surface area (Å²) >= 11 is 0. The maximum atomic E-state index is 10.6. The summed E-state index contributed by atoms with van der Waals surface area (Å²) in [7, 11) is 0. The smallest absolute Gasteiger partial charge is 0.335 e. The summed E-state index contributed by atoms with van der Waals surface area (Å²) in [4.78, 5) is 10.6. The number of hydrogen-bond donors (Lipinski definition) is 2. The third kappa shape index (κ3) is 3.76. The van der Waals surface area contributed by atoms with Crippen molar-refractivity contribution in [1.82, 2.24) is 5.32 Å². The van der Waals surface area contributed by atoms with E-state index in [-0.39, 0.29) is 6.04 Å². The molecular formula is C13H15NO2. The standard InChI is InChI=1S/C13H15NO2/c1-3-4-10(2)14-9-11-5-7-12(8-6-11)13(15)16/h1,5-8,10,14H,4,9H2,2H3,(H,15,16). The normalized spacial score (nSPS) is 11.8. The third-order valence-electron chi connectivity index (χ3n) is 2.28. The van der Waals surface area contributed by atoms with Gasteiger partial charge in [0, 0.05) is 19.0 Å². The molecule has 1 aromatic rings. The molecule has 0 saturated carbocycles. The first kappa shape index (κ1) is 12.3. The molecule has 84 valence electrons. The predicted molar refractivity (Wildman–Crippen MR) is 63.2 cm³/mol. The molecule has 1 atom stereocenters. The minimum Gasteiger partial charge on any atom is -0.478 e. The second-order valence-corrected chi connectivity index (χ2v) is 3.69. The van der Waals surface area contributed by atoms with Crippen molar-refractivity contribution in [3.63, 3.8) is 0 Å². The van der Waals surface area contributed by atoms with Gasteiger partial charge in [0.15, 0.2) is 0 Å². The Morgan fingerprint density at radius 1 is 1.50 bits per heavy atom. The van der Waals surface area contributed by atoms with Crippen LogP contribution in [-0.4, -0.2) is 17.1 Å². The van der Waals surface area contributed by atoms with Crippen LogP contribution in [0.3, 0.4) is 0 Å². The number of terminal acetylenes is 1. The van der Waals surface area contributed by atoms with Crippen molar-refractivity contribution >= 4 is 5.97 Å². The van der Waals surface area contributed by atoms with E-state index in [0.717, 1.165) is 5.56 Å². The minimum absolute atomic E-state index is 0.268. The summed E-state index contributed by atoms with van der Waals surface area (Å²) in [6.07, 6.45) is 5.88. The van der Waals surface area contributed by atoms with Crippen molar-refractivity contribution in [2.24, 2.45) is 0 Å². The zero-order chi connectivity index (χ0) is 12.0. The lowest BCUT2D eigenvalue weighted by Gasteiger charge is -2.10. The van der Waals surface area contributed by atoms with Gasteiger partial charge in [-0.1, -0.05) is 12.1 Å². The molecule has 0 radical (unpaired) electrons. The summed E-state index contributed by atoms with van der Waals surface area (Å²) in [5.74, 6) is 1.68. The Kier molecular flexibility index (Phi) is 4.56. The zero-order valence-electron chi connectivity index (χ0n) is 9.23. The highest BCUT2D eigenvalue weighted by atomic mass is 16.4. The van der Waals surface area contributed by atoms with Crippen LogP contribution < -0.4 is 5.32 Å². The highest BCUT2D eigenvalue weighted by Crippen LogP contribution is 2.04. The van der Waals surface area contributed by atoms with E-state index in [1.54, 1.807) is 24.3 Å². The fourth-order valence-corrected chi connectivity index (χ4v) is 1.31. The quantitative estimate of drug-likeness (QED) is 0.740. The van der Waals surface area contributed by atoms with Crippen molar-refractivity contribution in [3.8, 4) is 12.3 Å². The van der Waals surface area contributed by atoms with Gasteiger partial charge in [-0.25, -0.2) is 4.79 Å². The molecule has 0 aromatic heterocycles. The molecule has 0 bridgehead atoms. The van der Waals surface area contributed by atoms with Crippen LogP contribution in [0.4, 0.5) is 0 Å². The molecule has 0 heterocycles. The molecule has 0 aliphatic carbocycles. The van der Waals surface area contributed by atoms with Crippen LogP contribution in [0.1, 0.15) is 29.3 Å². The number of aromatic carboxylic acids is 1. The minimum atomic E-state index is -0.903. The van der Waals surface area contributed by atoms with Crippen molar-refractivity contribution < 1.29 is 9.90 Å². The molecule has 3 nitrogen and oxygen atoms in total. The Hall–Kier alpha value is -1.79. The van der Waals surface area contributed by atoms with Crippen molar-refractivity contribution in [3.05, 3.63) is 35.4 Å². The number of carboxylic acids is 1. The SMILES string of the molecule is C#CCC(C)NCc1ccc(C(=O)O)cc1. The lowest BCUT2D eigenvalue weighted by Crippen LogP contribution is -2.24. The van der Waals surface area contributed by atoms with E-state index in [9.17, 15) is 4.79 Å². The van der Waals surface area contributed by atoms with Crippen LogP contribution in [0.5, 0.6) is 0 Å². The molecule has 3 heteroatoms. The average molecular weight is 217 g/mol. The molecule has 2 N–H and O–H groups in total. The number of carbonyl (C=O) groups is 1. The summed E-state index contributed by atoms with van der Waals surface area (Å²) in [6, 6.07) is 7.08. The van der Waals surface area contributed by atoms with Crippen LogP contribution in [0.25, 0.3) is 0 Å². The van der Waals surface area contributed by atoms with E-state index in [4.69, 9.17) is 11.5 Å². The predicted octanol–water partition coefficient (Wildman–Crippen LogP) is 1.89. The zero-order valence-corrected chi connectivity index (χ0v) is 9.23. The lowest BCUT2D eigenvalue weighted by molar-refractivity contribution is 0.0697. The molecule has 16 heavy (non-hydrogen) atoms. The fourth-order valence-electron chi connectivity index (χ4n) is 1.31. The highest BCUT2D eigenvalue weighted by molar-refractivity contribution is 5.87. The van der Waals surface area contributed by atoms with Crippen LogP contribution in [0.15, 0.2) is 24.3 Å². The highest BCUT2D eigenvalue weighted by Gasteiger charge is 2.02. The first-order valence-corrected chi connectivity index (χ1v) is 5.12. The summed E-state index contributed by atoms with van der Waals surface area (Å²) < 4.78 is 0. The summed E-state index contributed by atoms with van der Waals surface area (Å²) in [6.45, 7) is 2.72. The molecule has 0 aliphatic heterocycles. The summed E-state index contributed by atoms with van der Waals surface area (Å²) in [5, 5.41) is 12.0. The van der Waals surface area contributed by atoms with Crippen LogP contribution in [0.2, 0.25) is 0 Å². The Labute approximate surface area is 95.5 Å². The number of carboxylic acid groups (broad SMARTS) is 1. The van der Waals surface area contributed by atoms with Gasteiger partial charge in [-0.15, -0.1) is 12.3 Å². The van der Waals surface area contributed by atoms with Gasteiger partial charge < -0.3 is 10.4 Å². The van der Waals surface area contributed by atoms with E-state index in [0.29, 0.717) is 18.5 Å². The monoisotopic (exact) mass is 217 g/mol. The maximum absolute atomic E-state index is 10.6. The van der Waals surface area contributed by atoms with Crippen LogP contribution in [0, 0.1) is 12.3 Å². The van der Waals surface area contributed by atoms with Crippen molar-refractivity contribution in [1.29, 1.82) is 0 Å². The van der Waals surface area contributed by atoms with Gasteiger partial charge in [-0.2, -0.15) is 0 Å². The molecule has 0 amide bonds. The van der Waals surface area contributed by atoms with Gasteiger partial charge in [-0.3, -0.25) is 0 Å². The van der Waals surface area contributed by atoms with E-state index in [1.807, 2.05) is 6.92 Å². The number of nitrogens with one attached hydrogen (secondary N) is 1. The van der Waals surface area contributed by atoms with Gasteiger partial charge in [0.25, 0.3) is 0 Å². The fraction of sp³-hybridized carbons (Fsp3) is 0.308. The Bertz CT molecular complexity index is 389. The van der Waals surface area contributed by atoms with Gasteiger partial charge in [0.2, 0.25) is 0 Å². The maximum Gasteiger partial charge on any atom is 0.335 e. The van der Waals surface area contributed by atoms with Gasteiger partial charge in [0.1, 0.15) is 0 Å². The second-order valence-electron chi connectivity index (χ2n) is 3.69. The van der Waals surface area contributed by atoms with Crippen LogP contribution in [-0.2, 0) is 6.54 Å². The molecule has 0 aliphatic rings. The molecule has 1 rings (SSSR count). The molecule has 0 spiro atoms. The largest absolute Gasteiger partial charge is 0.478 e. The number of rotatable bonds is 5.